The van der Waals surface area contributed by atoms with E-state index in [0.717, 1.165) is 13.1 Å². The molecule has 0 aliphatic carbocycles. The lowest BCUT2D eigenvalue weighted by Crippen LogP contribution is -2.52. The minimum atomic E-state index is -3.28. The van der Waals surface area contributed by atoms with Crippen molar-refractivity contribution in [3.8, 4) is 0 Å². The first kappa shape index (κ1) is 12.9. The molecular weight excluding hydrogens is 214 g/mol. The Morgan fingerprint density at radius 2 is 1.73 bits per heavy atom. The van der Waals surface area contributed by atoms with Crippen LogP contribution in [-0.2, 0) is 10.2 Å². The van der Waals surface area contributed by atoms with Gasteiger partial charge in [-0.2, -0.15) is 17.4 Å². The zero-order chi connectivity index (χ0) is 11.5. The van der Waals surface area contributed by atoms with Gasteiger partial charge >= 0.3 is 0 Å². The summed E-state index contributed by atoms with van der Waals surface area (Å²) in [5, 5.41) is 3.13. The Morgan fingerprint density at radius 3 is 2.20 bits per heavy atom. The van der Waals surface area contributed by atoms with Gasteiger partial charge in [-0.15, -0.1) is 0 Å². The van der Waals surface area contributed by atoms with Crippen molar-refractivity contribution in [2.75, 3.05) is 26.2 Å². The fourth-order valence-electron chi connectivity index (χ4n) is 1.33. The minimum absolute atomic E-state index is 0.0233. The lowest BCUT2D eigenvalue weighted by Gasteiger charge is -2.29. The van der Waals surface area contributed by atoms with E-state index in [1.807, 2.05) is 20.8 Å². The van der Waals surface area contributed by atoms with Gasteiger partial charge in [0.2, 0.25) is 0 Å². The van der Waals surface area contributed by atoms with Crippen LogP contribution in [0.2, 0.25) is 0 Å². The normalized spacial score (nSPS) is 21.9. The van der Waals surface area contributed by atoms with Crippen LogP contribution >= 0.6 is 0 Å². The third-order valence-corrected chi connectivity index (χ3v) is 4.47. The lowest BCUT2D eigenvalue weighted by molar-refractivity contribution is 0.346. The van der Waals surface area contributed by atoms with E-state index < -0.39 is 10.2 Å². The van der Waals surface area contributed by atoms with Crippen molar-refractivity contribution in [2.45, 2.75) is 26.8 Å². The molecule has 1 heterocycles. The van der Waals surface area contributed by atoms with Crippen LogP contribution in [0.1, 0.15) is 20.8 Å². The Labute approximate surface area is 92.4 Å². The maximum Gasteiger partial charge on any atom is 0.279 e. The molecule has 0 amide bonds. The molecule has 0 aromatic rings. The van der Waals surface area contributed by atoms with Gasteiger partial charge in [0.1, 0.15) is 0 Å². The van der Waals surface area contributed by atoms with Gasteiger partial charge < -0.3 is 5.32 Å². The summed E-state index contributed by atoms with van der Waals surface area (Å²) in [6.07, 6.45) is 0. The molecule has 90 valence electrons. The van der Waals surface area contributed by atoms with Gasteiger partial charge in [0.15, 0.2) is 0 Å². The molecule has 0 spiro atoms. The first-order valence-corrected chi connectivity index (χ1v) is 6.85. The highest BCUT2D eigenvalue weighted by Gasteiger charge is 2.25. The summed E-state index contributed by atoms with van der Waals surface area (Å²) in [5.41, 5.74) is 0. The fraction of sp³-hybridized carbons (Fsp3) is 1.00. The third kappa shape index (κ3) is 3.71. The molecule has 1 unspecified atom stereocenters. The molecular formula is C9H21N3O2S. The molecule has 1 saturated heterocycles. The highest BCUT2D eigenvalue weighted by Crippen LogP contribution is 2.06. The summed E-state index contributed by atoms with van der Waals surface area (Å²) < 4.78 is 28.0. The molecule has 0 aromatic heterocycles. The summed E-state index contributed by atoms with van der Waals surface area (Å²) in [6, 6.07) is -0.0233. The number of nitrogens with one attached hydrogen (secondary N) is 2. The van der Waals surface area contributed by atoms with Crippen molar-refractivity contribution >= 4 is 10.2 Å². The number of rotatable bonds is 4. The number of hydrogen-bond acceptors (Lipinski definition) is 3. The van der Waals surface area contributed by atoms with Gasteiger partial charge in [-0.3, -0.25) is 0 Å². The zero-order valence-corrected chi connectivity index (χ0v) is 10.5. The van der Waals surface area contributed by atoms with E-state index in [1.165, 1.54) is 4.31 Å². The van der Waals surface area contributed by atoms with Gasteiger partial charge in [0.25, 0.3) is 10.2 Å². The standard InChI is InChI=1S/C9H21N3O2S/c1-8(2)9(3)11-15(13,14)12-6-4-10-5-7-12/h8-11H,4-7H2,1-3H3. The van der Waals surface area contributed by atoms with Gasteiger partial charge in [-0.1, -0.05) is 13.8 Å². The number of hydrogen-bond donors (Lipinski definition) is 2. The van der Waals surface area contributed by atoms with Crippen molar-refractivity contribution in [1.29, 1.82) is 0 Å². The maximum atomic E-state index is 11.9. The highest BCUT2D eigenvalue weighted by molar-refractivity contribution is 7.87. The van der Waals surface area contributed by atoms with Crippen molar-refractivity contribution in [1.82, 2.24) is 14.3 Å². The van der Waals surface area contributed by atoms with Crippen LogP contribution in [0.25, 0.3) is 0 Å². The summed E-state index contributed by atoms with van der Waals surface area (Å²) in [6.45, 7) is 8.48. The summed E-state index contributed by atoms with van der Waals surface area (Å²) in [4.78, 5) is 0. The van der Waals surface area contributed by atoms with Crippen LogP contribution in [0.3, 0.4) is 0 Å². The molecule has 2 N–H and O–H groups in total. The van der Waals surface area contributed by atoms with Crippen molar-refractivity contribution in [3.05, 3.63) is 0 Å². The van der Waals surface area contributed by atoms with E-state index in [4.69, 9.17) is 0 Å². The average molecular weight is 235 g/mol. The van der Waals surface area contributed by atoms with E-state index in [0.29, 0.717) is 19.0 Å². The lowest BCUT2D eigenvalue weighted by atomic mass is 10.1. The second-order valence-electron chi connectivity index (χ2n) is 4.30. The summed E-state index contributed by atoms with van der Waals surface area (Å²) in [7, 11) is -3.28. The number of piperazine rings is 1. The minimum Gasteiger partial charge on any atom is -0.314 e. The van der Waals surface area contributed by atoms with E-state index in [1.54, 1.807) is 0 Å². The fourth-order valence-corrected chi connectivity index (χ4v) is 2.88. The predicted molar refractivity (Wildman–Crippen MR) is 60.8 cm³/mol. The van der Waals surface area contributed by atoms with Crippen LogP contribution in [0, 0.1) is 5.92 Å². The Hall–Kier alpha value is -0.170. The van der Waals surface area contributed by atoms with E-state index in [-0.39, 0.29) is 6.04 Å². The van der Waals surface area contributed by atoms with Crippen LogP contribution in [0.5, 0.6) is 0 Å². The van der Waals surface area contributed by atoms with Gasteiger partial charge in [-0.05, 0) is 12.8 Å². The molecule has 1 rings (SSSR count). The molecule has 5 nitrogen and oxygen atoms in total. The molecule has 1 aliphatic rings. The van der Waals surface area contributed by atoms with Crippen LogP contribution < -0.4 is 10.0 Å². The Morgan fingerprint density at radius 1 is 1.20 bits per heavy atom. The molecule has 0 aromatic carbocycles. The van der Waals surface area contributed by atoms with Gasteiger partial charge in [0.05, 0.1) is 0 Å². The largest absolute Gasteiger partial charge is 0.314 e. The smallest absolute Gasteiger partial charge is 0.279 e. The Balaban J connectivity index is 2.57. The van der Waals surface area contributed by atoms with Crippen LogP contribution in [-0.4, -0.2) is 44.9 Å². The molecule has 6 heteroatoms. The molecule has 0 radical (unpaired) electrons. The zero-order valence-electron chi connectivity index (χ0n) is 9.66. The SMILES string of the molecule is CC(C)C(C)NS(=O)(=O)N1CCNCC1. The average Bonchev–Trinajstić information content (AvgIpc) is 2.18. The molecule has 15 heavy (non-hydrogen) atoms. The second-order valence-corrected chi connectivity index (χ2v) is 6.01. The first-order valence-electron chi connectivity index (χ1n) is 5.41. The van der Waals surface area contributed by atoms with Crippen molar-refractivity contribution < 1.29 is 8.42 Å². The van der Waals surface area contributed by atoms with E-state index >= 15 is 0 Å². The van der Waals surface area contributed by atoms with E-state index in [2.05, 4.69) is 10.0 Å². The Bertz CT molecular complexity index is 284. The van der Waals surface area contributed by atoms with Crippen LogP contribution in [0.15, 0.2) is 0 Å². The molecule has 1 aliphatic heterocycles. The highest BCUT2D eigenvalue weighted by atomic mass is 32.2. The Kier molecular flexibility index (Phi) is 4.51. The van der Waals surface area contributed by atoms with Crippen molar-refractivity contribution in [2.24, 2.45) is 5.92 Å². The quantitative estimate of drug-likeness (QED) is 0.707. The first-order chi connectivity index (χ1) is 6.93. The maximum absolute atomic E-state index is 11.9. The summed E-state index contributed by atoms with van der Waals surface area (Å²) in [5.74, 6) is 0.308. The topological polar surface area (TPSA) is 61.4 Å². The van der Waals surface area contributed by atoms with Crippen molar-refractivity contribution in [3.63, 3.8) is 0 Å². The molecule has 1 atom stereocenters. The number of nitrogens with zero attached hydrogens (tertiary/aromatic N) is 1. The van der Waals surface area contributed by atoms with Gasteiger partial charge in [-0.25, -0.2) is 0 Å². The van der Waals surface area contributed by atoms with Gasteiger partial charge in [0, 0.05) is 32.2 Å². The summed E-state index contributed by atoms with van der Waals surface area (Å²) >= 11 is 0. The molecule has 1 fully saturated rings. The van der Waals surface area contributed by atoms with E-state index in [9.17, 15) is 8.42 Å². The molecule has 0 bridgehead atoms. The molecule has 0 saturated carbocycles. The van der Waals surface area contributed by atoms with Crippen LogP contribution in [0.4, 0.5) is 0 Å². The third-order valence-electron chi connectivity index (χ3n) is 2.75. The monoisotopic (exact) mass is 235 g/mol. The predicted octanol–water partition coefficient (Wildman–Crippen LogP) is -0.229. The second kappa shape index (κ2) is 5.25.